The van der Waals surface area contributed by atoms with E-state index < -0.39 is 10.0 Å². The summed E-state index contributed by atoms with van der Waals surface area (Å²) < 4.78 is 31.7. The molecule has 1 rings (SSSR count). The molecular weight excluding hydrogens is 360 g/mol. The number of carbonyl (C=O) groups is 1. The van der Waals surface area contributed by atoms with Crippen molar-refractivity contribution in [2.24, 2.45) is 0 Å². The van der Waals surface area contributed by atoms with Gasteiger partial charge in [-0.25, -0.2) is 13.1 Å². The van der Waals surface area contributed by atoms with Crippen molar-refractivity contribution in [3.05, 3.63) is 34.3 Å². The highest BCUT2D eigenvalue weighted by atomic mass is 79.9. The molecule has 0 spiro atoms. The molecule has 0 bridgehead atoms. The summed E-state index contributed by atoms with van der Waals surface area (Å²) in [6.07, 6.45) is 0.688. The average Bonchev–Trinajstić information content (AvgIpc) is 2.44. The van der Waals surface area contributed by atoms with Crippen LogP contribution in [0.15, 0.2) is 28.7 Å². The third-order valence-electron chi connectivity index (χ3n) is 2.57. The van der Waals surface area contributed by atoms with E-state index in [0.29, 0.717) is 25.1 Å². The molecule has 0 saturated carbocycles. The van der Waals surface area contributed by atoms with Crippen molar-refractivity contribution in [3.63, 3.8) is 0 Å². The lowest BCUT2D eigenvalue weighted by Gasteiger charge is -2.08. The lowest BCUT2D eigenvalue weighted by molar-refractivity contribution is -0.120. The van der Waals surface area contributed by atoms with Gasteiger partial charge in [0.05, 0.1) is 12.3 Å². The van der Waals surface area contributed by atoms with Gasteiger partial charge in [0, 0.05) is 24.7 Å². The Morgan fingerprint density at radius 3 is 2.57 bits per heavy atom. The second kappa shape index (κ2) is 9.14. The fourth-order valence-electron chi connectivity index (χ4n) is 1.53. The molecule has 2 N–H and O–H groups in total. The van der Waals surface area contributed by atoms with Crippen molar-refractivity contribution in [1.29, 1.82) is 0 Å². The molecule has 0 aliphatic carbocycles. The topological polar surface area (TPSA) is 84.5 Å². The van der Waals surface area contributed by atoms with E-state index in [9.17, 15) is 13.2 Å². The fourth-order valence-corrected chi connectivity index (χ4v) is 2.88. The molecule has 0 fully saturated rings. The quantitative estimate of drug-likeness (QED) is 0.628. The molecule has 1 amide bonds. The highest BCUT2D eigenvalue weighted by Gasteiger charge is 2.13. The summed E-state index contributed by atoms with van der Waals surface area (Å²) >= 11 is 3.28. The standard InChI is InChI=1S/C13H19BrN2O4S/c1-20-8-2-7-15-13(17)9-16-21(18,19)10-11-3-5-12(14)6-4-11/h3-6,16H,2,7-10H2,1H3,(H,15,17). The number of hydrogen-bond acceptors (Lipinski definition) is 4. The van der Waals surface area contributed by atoms with Gasteiger partial charge in [-0.1, -0.05) is 28.1 Å². The number of nitrogens with one attached hydrogen (secondary N) is 2. The number of halogens is 1. The number of methoxy groups -OCH3 is 1. The first-order valence-electron chi connectivity index (χ1n) is 6.40. The van der Waals surface area contributed by atoms with Crippen molar-refractivity contribution in [3.8, 4) is 0 Å². The van der Waals surface area contributed by atoms with Crippen molar-refractivity contribution in [2.75, 3.05) is 26.8 Å². The predicted molar refractivity (Wildman–Crippen MR) is 84.3 cm³/mol. The summed E-state index contributed by atoms with van der Waals surface area (Å²) in [6.45, 7) is 0.753. The fraction of sp³-hybridized carbons (Fsp3) is 0.462. The van der Waals surface area contributed by atoms with Gasteiger partial charge < -0.3 is 10.1 Å². The van der Waals surface area contributed by atoms with Gasteiger partial charge >= 0.3 is 0 Å². The molecule has 0 saturated heterocycles. The van der Waals surface area contributed by atoms with Gasteiger partial charge in [-0.05, 0) is 24.1 Å². The van der Waals surface area contributed by atoms with Crippen LogP contribution in [-0.4, -0.2) is 41.1 Å². The van der Waals surface area contributed by atoms with E-state index in [-0.39, 0.29) is 18.2 Å². The number of amides is 1. The summed E-state index contributed by atoms with van der Waals surface area (Å²) in [7, 11) is -1.95. The second-order valence-corrected chi connectivity index (χ2v) is 7.13. The summed E-state index contributed by atoms with van der Waals surface area (Å²) in [5.41, 5.74) is 0.659. The molecule has 0 aromatic heterocycles. The van der Waals surface area contributed by atoms with E-state index in [1.807, 2.05) is 0 Å². The summed E-state index contributed by atoms with van der Waals surface area (Å²) in [6, 6.07) is 6.98. The van der Waals surface area contributed by atoms with Crippen LogP contribution < -0.4 is 10.0 Å². The lowest BCUT2D eigenvalue weighted by Crippen LogP contribution is -2.37. The van der Waals surface area contributed by atoms with Gasteiger partial charge in [0.1, 0.15) is 0 Å². The number of hydrogen-bond donors (Lipinski definition) is 2. The molecule has 21 heavy (non-hydrogen) atoms. The van der Waals surface area contributed by atoms with Crippen LogP contribution in [-0.2, 0) is 25.3 Å². The van der Waals surface area contributed by atoms with Gasteiger partial charge in [0.2, 0.25) is 15.9 Å². The molecule has 0 heterocycles. The minimum Gasteiger partial charge on any atom is -0.385 e. The third-order valence-corrected chi connectivity index (χ3v) is 4.40. The maximum atomic E-state index is 11.8. The Bertz CT molecular complexity index is 546. The monoisotopic (exact) mass is 378 g/mol. The first-order chi connectivity index (χ1) is 9.93. The van der Waals surface area contributed by atoms with Crippen molar-refractivity contribution >= 4 is 31.9 Å². The van der Waals surface area contributed by atoms with Gasteiger partial charge in [-0.3, -0.25) is 4.79 Å². The van der Waals surface area contributed by atoms with Crippen LogP contribution in [0.1, 0.15) is 12.0 Å². The van der Waals surface area contributed by atoms with Crippen LogP contribution >= 0.6 is 15.9 Å². The molecule has 1 aromatic rings. The van der Waals surface area contributed by atoms with Crippen LogP contribution in [0.3, 0.4) is 0 Å². The van der Waals surface area contributed by atoms with Crippen molar-refractivity contribution < 1.29 is 17.9 Å². The second-order valence-electron chi connectivity index (χ2n) is 4.40. The minimum absolute atomic E-state index is 0.156. The first-order valence-corrected chi connectivity index (χ1v) is 8.85. The molecule has 0 unspecified atom stereocenters. The van der Waals surface area contributed by atoms with Crippen LogP contribution in [0.2, 0.25) is 0 Å². The molecular formula is C13H19BrN2O4S. The maximum absolute atomic E-state index is 11.8. The van der Waals surface area contributed by atoms with E-state index >= 15 is 0 Å². The Morgan fingerprint density at radius 1 is 1.29 bits per heavy atom. The van der Waals surface area contributed by atoms with Gasteiger partial charge in [0.25, 0.3) is 0 Å². The Hall–Kier alpha value is -0.960. The number of carbonyl (C=O) groups excluding carboxylic acids is 1. The van der Waals surface area contributed by atoms with Gasteiger partial charge in [-0.2, -0.15) is 0 Å². The SMILES string of the molecule is COCCCNC(=O)CNS(=O)(=O)Cc1ccc(Br)cc1. The maximum Gasteiger partial charge on any atom is 0.235 e. The number of benzene rings is 1. The van der Waals surface area contributed by atoms with E-state index in [1.54, 1.807) is 31.4 Å². The number of sulfonamides is 1. The summed E-state index contributed by atoms with van der Waals surface area (Å²) in [5, 5.41) is 2.61. The first kappa shape index (κ1) is 18.1. The molecule has 1 aromatic carbocycles. The Balaban J connectivity index is 2.35. The Morgan fingerprint density at radius 2 is 1.95 bits per heavy atom. The van der Waals surface area contributed by atoms with Crippen LogP contribution in [0, 0.1) is 0 Å². The molecule has 0 aliphatic heterocycles. The smallest absolute Gasteiger partial charge is 0.235 e. The Kier molecular flexibility index (Phi) is 7.87. The highest BCUT2D eigenvalue weighted by Crippen LogP contribution is 2.12. The van der Waals surface area contributed by atoms with Gasteiger partial charge in [0.15, 0.2) is 0 Å². The molecule has 0 aliphatic rings. The van der Waals surface area contributed by atoms with Crippen LogP contribution in [0.5, 0.6) is 0 Å². The van der Waals surface area contributed by atoms with Crippen LogP contribution in [0.4, 0.5) is 0 Å². The number of ether oxygens (including phenoxy) is 1. The zero-order chi connectivity index (χ0) is 15.7. The normalized spacial score (nSPS) is 11.3. The van der Waals surface area contributed by atoms with E-state index in [1.165, 1.54) is 0 Å². The zero-order valence-electron chi connectivity index (χ0n) is 11.8. The molecule has 8 heteroatoms. The largest absolute Gasteiger partial charge is 0.385 e. The van der Waals surface area contributed by atoms with Crippen LogP contribution in [0.25, 0.3) is 0 Å². The molecule has 118 valence electrons. The molecule has 0 radical (unpaired) electrons. The third kappa shape index (κ3) is 8.15. The zero-order valence-corrected chi connectivity index (χ0v) is 14.2. The summed E-state index contributed by atoms with van der Waals surface area (Å²) in [4.78, 5) is 11.5. The van der Waals surface area contributed by atoms with E-state index in [4.69, 9.17) is 4.74 Å². The van der Waals surface area contributed by atoms with Crippen molar-refractivity contribution in [2.45, 2.75) is 12.2 Å². The minimum atomic E-state index is -3.53. The van der Waals surface area contributed by atoms with Gasteiger partial charge in [-0.15, -0.1) is 0 Å². The van der Waals surface area contributed by atoms with E-state index in [2.05, 4.69) is 26.0 Å². The summed E-state index contributed by atoms with van der Waals surface area (Å²) in [5.74, 6) is -0.512. The van der Waals surface area contributed by atoms with Crippen molar-refractivity contribution in [1.82, 2.24) is 10.0 Å². The molecule has 6 nitrogen and oxygen atoms in total. The van der Waals surface area contributed by atoms with E-state index in [0.717, 1.165) is 4.47 Å². The predicted octanol–water partition coefficient (Wildman–Crippen LogP) is 1.02. The molecule has 0 atom stereocenters. The lowest BCUT2D eigenvalue weighted by atomic mass is 10.2. The number of rotatable bonds is 9. The Labute approximate surface area is 133 Å². The highest BCUT2D eigenvalue weighted by molar-refractivity contribution is 9.10. The average molecular weight is 379 g/mol.